The number of hydrogen-bond acceptors (Lipinski definition) is 5. The Balaban J connectivity index is 1.73. The lowest BCUT2D eigenvalue weighted by atomic mass is 10.1. The van der Waals surface area contributed by atoms with Gasteiger partial charge in [0.2, 0.25) is 0 Å². The molecule has 2 aromatic carbocycles. The van der Waals surface area contributed by atoms with E-state index in [1.165, 1.54) is 6.07 Å². The number of nitrogens with one attached hydrogen (secondary N) is 2. The van der Waals surface area contributed by atoms with Crippen LogP contribution >= 0.6 is 0 Å². The fourth-order valence-electron chi connectivity index (χ4n) is 2.36. The largest absolute Gasteiger partial charge is 0.493 e. The number of H-pyrrole nitrogens is 1. The molecule has 124 valence electrons. The van der Waals surface area contributed by atoms with E-state index in [0.717, 1.165) is 5.56 Å². The topological polar surface area (TPSA) is 93.6 Å². The van der Waals surface area contributed by atoms with Crippen LogP contribution < -0.4 is 20.5 Å². The average Bonchev–Trinajstić information content (AvgIpc) is 2.98. The summed E-state index contributed by atoms with van der Waals surface area (Å²) in [7, 11) is 3.12. The number of carbonyl (C=O) groups excluding carboxylic acids is 1. The lowest BCUT2D eigenvalue weighted by Gasteiger charge is -2.10. The molecule has 3 rings (SSSR count). The molecule has 0 saturated heterocycles. The standard InChI is InChI=1S/C17H16N2O5/c1-22-13-6-3-10(7-15(13)23-2)9-18-16(20)11-4-5-12-14(8-11)24-17(21)19-12/h3-8H,9H2,1-2H3,(H,18,20)(H,19,21). The van der Waals surface area contributed by atoms with Crippen molar-refractivity contribution in [3.8, 4) is 11.5 Å². The first-order valence-electron chi connectivity index (χ1n) is 7.22. The highest BCUT2D eigenvalue weighted by atomic mass is 16.5. The van der Waals surface area contributed by atoms with Gasteiger partial charge in [-0.2, -0.15) is 0 Å². The number of amides is 1. The zero-order valence-corrected chi connectivity index (χ0v) is 13.2. The van der Waals surface area contributed by atoms with Crippen molar-refractivity contribution in [3.05, 3.63) is 58.1 Å². The molecule has 0 atom stereocenters. The molecule has 1 heterocycles. The van der Waals surface area contributed by atoms with E-state index in [-0.39, 0.29) is 5.91 Å². The number of rotatable bonds is 5. The van der Waals surface area contributed by atoms with Gasteiger partial charge in [-0.15, -0.1) is 0 Å². The van der Waals surface area contributed by atoms with Crippen molar-refractivity contribution in [3.63, 3.8) is 0 Å². The van der Waals surface area contributed by atoms with Gasteiger partial charge in [-0.05, 0) is 35.9 Å². The normalized spacial score (nSPS) is 10.6. The fraction of sp³-hybridized carbons (Fsp3) is 0.176. The second kappa shape index (κ2) is 6.49. The molecule has 0 aliphatic carbocycles. The first kappa shape index (κ1) is 15.7. The van der Waals surface area contributed by atoms with Crippen LogP contribution in [0.4, 0.5) is 0 Å². The van der Waals surface area contributed by atoms with Crippen molar-refractivity contribution in [2.24, 2.45) is 0 Å². The van der Waals surface area contributed by atoms with Crippen LogP contribution in [0.2, 0.25) is 0 Å². The quantitative estimate of drug-likeness (QED) is 0.748. The zero-order chi connectivity index (χ0) is 17.1. The molecule has 7 nitrogen and oxygen atoms in total. The van der Waals surface area contributed by atoms with Crippen molar-refractivity contribution in [2.45, 2.75) is 6.54 Å². The molecule has 3 aromatic rings. The first-order valence-corrected chi connectivity index (χ1v) is 7.22. The third-order valence-corrected chi connectivity index (χ3v) is 3.58. The smallest absolute Gasteiger partial charge is 0.417 e. The zero-order valence-electron chi connectivity index (χ0n) is 13.2. The van der Waals surface area contributed by atoms with Crippen molar-refractivity contribution in [1.82, 2.24) is 10.3 Å². The molecule has 0 bridgehead atoms. The SMILES string of the molecule is COc1ccc(CNC(=O)c2ccc3[nH]c(=O)oc3c2)cc1OC. The Morgan fingerprint density at radius 3 is 2.67 bits per heavy atom. The number of fused-ring (bicyclic) bond motifs is 1. The van der Waals surface area contributed by atoms with E-state index < -0.39 is 5.76 Å². The Bertz CT molecular complexity index is 942. The van der Waals surface area contributed by atoms with Crippen molar-refractivity contribution in [2.75, 3.05) is 14.2 Å². The maximum atomic E-state index is 12.2. The van der Waals surface area contributed by atoms with E-state index in [1.54, 1.807) is 38.5 Å². The molecule has 0 radical (unpaired) electrons. The number of methoxy groups -OCH3 is 2. The second-order valence-electron chi connectivity index (χ2n) is 5.10. The van der Waals surface area contributed by atoms with Gasteiger partial charge in [0.1, 0.15) is 0 Å². The molecule has 2 N–H and O–H groups in total. The van der Waals surface area contributed by atoms with E-state index >= 15 is 0 Å². The van der Waals surface area contributed by atoms with Gasteiger partial charge in [-0.25, -0.2) is 4.79 Å². The summed E-state index contributed by atoms with van der Waals surface area (Å²) in [5.41, 5.74) is 2.18. The predicted molar refractivity (Wildman–Crippen MR) is 87.6 cm³/mol. The highest BCUT2D eigenvalue weighted by Crippen LogP contribution is 2.27. The summed E-state index contributed by atoms with van der Waals surface area (Å²) < 4.78 is 15.4. The minimum Gasteiger partial charge on any atom is -0.493 e. The predicted octanol–water partition coefficient (Wildman–Crippen LogP) is 2.07. The number of carbonyl (C=O) groups is 1. The molecule has 0 saturated carbocycles. The van der Waals surface area contributed by atoms with E-state index in [2.05, 4.69) is 10.3 Å². The van der Waals surface area contributed by atoms with Gasteiger partial charge in [0.25, 0.3) is 5.91 Å². The molecule has 0 spiro atoms. The van der Waals surface area contributed by atoms with Gasteiger partial charge in [0.15, 0.2) is 17.1 Å². The Hall–Kier alpha value is -3.22. The van der Waals surface area contributed by atoms with Crippen LogP contribution in [-0.2, 0) is 6.54 Å². The van der Waals surface area contributed by atoms with Gasteiger partial charge in [0.05, 0.1) is 19.7 Å². The maximum absolute atomic E-state index is 12.2. The number of aromatic amines is 1. The second-order valence-corrected chi connectivity index (χ2v) is 5.10. The monoisotopic (exact) mass is 328 g/mol. The number of benzene rings is 2. The number of oxazole rings is 1. The summed E-state index contributed by atoms with van der Waals surface area (Å²) in [5.74, 6) is 0.406. The molecular weight excluding hydrogens is 312 g/mol. The molecular formula is C17H16N2O5. The highest BCUT2D eigenvalue weighted by Gasteiger charge is 2.10. The van der Waals surface area contributed by atoms with Crippen LogP contribution in [0.3, 0.4) is 0 Å². The Morgan fingerprint density at radius 2 is 1.92 bits per heavy atom. The van der Waals surface area contributed by atoms with Crippen molar-refractivity contribution in [1.29, 1.82) is 0 Å². The molecule has 1 amide bonds. The summed E-state index contributed by atoms with van der Waals surface area (Å²) in [6.45, 7) is 0.328. The van der Waals surface area contributed by atoms with E-state index in [1.807, 2.05) is 6.07 Å². The van der Waals surface area contributed by atoms with Crippen LogP contribution in [0.5, 0.6) is 11.5 Å². The van der Waals surface area contributed by atoms with Gasteiger partial charge in [-0.3, -0.25) is 9.78 Å². The summed E-state index contributed by atoms with van der Waals surface area (Å²) in [4.78, 5) is 25.9. The van der Waals surface area contributed by atoms with Gasteiger partial charge >= 0.3 is 5.76 Å². The molecule has 0 aliphatic rings. The lowest BCUT2D eigenvalue weighted by Crippen LogP contribution is -2.22. The van der Waals surface area contributed by atoms with Crippen LogP contribution in [0.1, 0.15) is 15.9 Å². The Morgan fingerprint density at radius 1 is 1.12 bits per heavy atom. The van der Waals surface area contributed by atoms with Crippen LogP contribution in [0.25, 0.3) is 11.1 Å². The summed E-state index contributed by atoms with van der Waals surface area (Å²) in [6, 6.07) is 10.2. The number of ether oxygens (including phenoxy) is 2. The van der Waals surface area contributed by atoms with Crippen LogP contribution in [0.15, 0.2) is 45.6 Å². The minimum atomic E-state index is -0.548. The molecule has 0 unspecified atom stereocenters. The molecule has 1 aromatic heterocycles. The summed E-state index contributed by atoms with van der Waals surface area (Å²) in [5, 5.41) is 2.81. The molecule has 0 fully saturated rings. The molecule has 7 heteroatoms. The van der Waals surface area contributed by atoms with E-state index in [0.29, 0.717) is 34.7 Å². The summed E-state index contributed by atoms with van der Waals surface area (Å²) >= 11 is 0. The summed E-state index contributed by atoms with van der Waals surface area (Å²) in [6.07, 6.45) is 0. The van der Waals surface area contributed by atoms with Crippen LogP contribution in [-0.4, -0.2) is 25.1 Å². The molecule has 0 aliphatic heterocycles. The van der Waals surface area contributed by atoms with Crippen molar-refractivity contribution < 1.29 is 18.7 Å². The Kier molecular flexibility index (Phi) is 4.24. The third kappa shape index (κ3) is 3.10. The van der Waals surface area contributed by atoms with E-state index in [9.17, 15) is 9.59 Å². The Labute approximate surface area is 137 Å². The average molecular weight is 328 g/mol. The number of hydrogen-bond donors (Lipinski definition) is 2. The third-order valence-electron chi connectivity index (χ3n) is 3.58. The molecule has 24 heavy (non-hydrogen) atoms. The fourth-order valence-corrected chi connectivity index (χ4v) is 2.36. The van der Waals surface area contributed by atoms with Crippen molar-refractivity contribution >= 4 is 17.0 Å². The lowest BCUT2D eigenvalue weighted by molar-refractivity contribution is 0.0951. The van der Waals surface area contributed by atoms with Crippen LogP contribution in [0, 0.1) is 0 Å². The van der Waals surface area contributed by atoms with Gasteiger partial charge in [0, 0.05) is 12.1 Å². The maximum Gasteiger partial charge on any atom is 0.417 e. The highest BCUT2D eigenvalue weighted by molar-refractivity contribution is 5.96. The minimum absolute atomic E-state index is 0.268. The number of aromatic nitrogens is 1. The van der Waals surface area contributed by atoms with Gasteiger partial charge < -0.3 is 19.2 Å². The van der Waals surface area contributed by atoms with Gasteiger partial charge in [-0.1, -0.05) is 6.07 Å². The first-order chi connectivity index (χ1) is 11.6. The van der Waals surface area contributed by atoms with E-state index in [4.69, 9.17) is 13.9 Å².